The summed E-state index contributed by atoms with van der Waals surface area (Å²) in [5.74, 6) is -1.54. The molecule has 1 amide bonds. The molecule has 0 unspecified atom stereocenters. The number of Topliss-reactive ketones (excluding diaryl/α,β-unsaturated/α-hetero) is 2. The fourth-order valence-electron chi connectivity index (χ4n) is 4.59. The summed E-state index contributed by atoms with van der Waals surface area (Å²) in [7, 11) is 5.55. The fourth-order valence-corrected chi connectivity index (χ4v) is 4.59. The molecule has 3 aromatic carbocycles. The lowest BCUT2D eigenvalue weighted by atomic mass is 9.96. The second-order valence-corrected chi connectivity index (χ2v) is 9.39. The molecule has 2 heterocycles. The van der Waals surface area contributed by atoms with Crippen molar-refractivity contribution in [3.05, 3.63) is 88.5 Å². The zero-order valence-corrected chi connectivity index (χ0v) is 24.0. The van der Waals surface area contributed by atoms with Gasteiger partial charge in [-0.15, -0.1) is 0 Å². The Balaban J connectivity index is 0.000000217. The lowest BCUT2D eigenvalue weighted by Gasteiger charge is -2.28. The van der Waals surface area contributed by atoms with Crippen LogP contribution in [0, 0.1) is 11.6 Å². The maximum Gasteiger partial charge on any atom is 0.373 e. The average molecular weight is 581 g/mol. The number of nitrogen functional groups attached to an aromatic ring is 1. The Morgan fingerprint density at radius 2 is 1.40 bits per heavy atom. The fraction of sp³-hybridized carbons (Fsp3) is 0.290. The average Bonchev–Trinajstić information content (AvgIpc) is 2.99. The number of anilines is 3. The van der Waals surface area contributed by atoms with Gasteiger partial charge in [-0.3, -0.25) is 14.4 Å². The van der Waals surface area contributed by atoms with Crippen LogP contribution >= 0.6 is 0 Å². The number of benzene rings is 3. The van der Waals surface area contributed by atoms with Crippen LogP contribution in [0.5, 0.6) is 0 Å². The number of rotatable bonds is 2. The van der Waals surface area contributed by atoms with E-state index in [0.717, 1.165) is 42.0 Å². The van der Waals surface area contributed by atoms with Crippen molar-refractivity contribution >= 4 is 40.7 Å². The second-order valence-electron chi connectivity index (χ2n) is 9.39. The number of nitrogens with zero attached hydrogens (tertiary/aromatic N) is 2. The summed E-state index contributed by atoms with van der Waals surface area (Å²) in [6.45, 7) is 3.64. The van der Waals surface area contributed by atoms with Gasteiger partial charge in [-0.25, -0.2) is 8.78 Å². The van der Waals surface area contributed by atoms with Crippen LogP contribution in [0.1, 0.15) is 56.4 Å². The lowest BCUT2D eigenvalue weighted by molar-refractivity contribution is -0.191. The third-order valence-electron chi connectivity index (χ3n) is 6.66. The van der Waals surface area contributed by atoms with Crippen LogP contribution in [0.4, 0.5) is 25.8 Å². The number of hydrogen-bond donors (Lipinski definition) is 2. The SMILES string of the molecule is CCc1cccc2c1N(C)CCC2=O.CNC(=O)c1cccc2c1N(C)CCC2=O.Nc1ccc(F)c(F)c1.O=C=O. The topological polar surface area (TPSA) is 130 Å². The number of hydrogen-bond acceptors (Lipinski definition) is 8. The van der Waals surface area contributed by atoms with Crippen molar-refractivity contribution in [1.29, 1.82) is 0 Å². The van der Waals surface area contributed by atoms with Crippen molar-refractivity contribution in [2.75, 3.05) is 49.8 Å². The zero-order chi connectivity index (χ0) is 31.4. The Bertz CT molecular complexity index is 1470. The molecule has 9 nitrogen and oxygen atoms in total. The van der Waals surface area contributed by atoms with E-state index in [4.69, 9.17) is 15.3 Å². The number of nitrogens with two attached hydrogens (primary N) is 1. The number of ketones is 2. The first-order valence-electron chi connectivity index (χ1n) is 13.2. The molecule has 2 aliphatic rings. The number of amides is 1. The van der Waals surface area contributed by atoms with E-state index in [2.05, 4.69) is 30.3 Å². The Morgan fingerprint density at radius 3 is 1.90 bits per heavy atom. The molecule has 3 N–H and O–H groups in total. The van der Waals surface area contributed by atoms with Gasteiger partial charge in [0, 0.05) is 63.9 Å². The normalized spacial score (nSPS) is 13.0. The zero-order valence-electron chi connectivity index (χ0n) is 24.0. The Kier molecular flexibility index (Phi) is 12.5. The third kappa shape index (κ3) is 8.31. The number of fused-ring (bicyclic) bond motifs is 2. The van der Waals surface area contributed by atoms with Crippen molar-refractivity contribution in [1.82, 2.24) is 5.32 Å². The van der Waals surface area contributed by atoms with Gasteiger partial charge in [-0.2, -0.15) is 9.59 Å². The molecule has 0 atom stereocenters. The van der Waals surface area contributed by atoms with E-state index in [1.54, 1.807) is 25.2 Å². The molecule has 0 saturated carbocycles. The minimum absolute atomic E-state index is 0.110. The van der Waals surface area contributed by atoms with Crippen LogP contribution in [0.25, 0.3) is 0 Å². The third-order valence-corrected chi connectivity index (χ3v) is 6.66. The molecule has 0 spiro atoms. The molecule has 0 aromatic heterocycles. The van der Waals surface area contributed by atoms with E-state index in [1.165, 1.54) is 11.6 Å². The van der Waals surface area contributed by atoms with E-state index in [-0.39, 0.29) is 29.3 Å². The highest BCUT2D eigenvalue weighted by atomic mass is 19.2. The molecular weight excluding hydrogens is 546 g/mol. The number of halogens is 2. The van der Waals surface area contributed by atoms with Crippen LogP contribution in [-0.4, -0.2) is 57.9 Å². The van der Waals surface area contributed by atoms with Gasteiger partial charge in [0.05, 0.1) is 16.9 Å². The second kappa shape index (κ2) is 15.8. The summed E-state index contributed by atoms with van der Waals surface area (Å²) >= 11 is 0. The van der Waals surface area contributed by atoms with Crippen molar-refractivity contribution < 1.29 is 32.8 Å². The standard InChI is InChI=1S/C12H14N2O2.C12H15NO.C6H5F2N.CO2/c1-13-12(16)9-5-3-4-8-10(15)6-7-14(2)11(8)9;1-3-9-5-4-6-10-11(14)7-8-13(2)12(9)10;7-5-2-1-4(9)3-6(5)8;2-1-3/h3-5H,6-7H2,1-2H3,(H,13,16);4-6H,3,7-8H2,1-2H3;1-3H,9H2;. The monoisotopic (exact) mass is 580 g/mol. The van der Waals surface area contributed by atoms with Gasteiger partial charge in [-0.05, 0) is 48.4 Å². The summed E-state index contributed by atoms with van der Waals surface area (Å²) in [4.78, 5) is 55.5. The summed E-state index contributed by atoms with van der Waals surface area (Å²) in [6, 6.07) is 14.5. The molecule has 3 aromatic rings. The van der Waals surface area contributed by atoms with Crippen molar-refractivity contribution in [3.63, 3.8) is 0 Å². The van der Waals surface area contributed by atoms with Gasteiger partial charge >= 0.3 is 6.15 Å². The summed E-state index contributed by atoms with van der Waals surface area (Å²) < 4.78 is 24.2. The first-order valence-corrected chi connectivity index (χ1v) is 13.2. The van der Waals surface area contributed by atoms with Crippen LogP contribution in [0.2, 0.25) is 0 Å². The lowest BCUT2D eigenvalue weighted by Crippen LogP contribution is -2.31. The minimum Gasteiger partial charge on any atom is -0.399 e. The molecule has 0 aliphatic carbocycles. The summed E-state index contributed by atoms with van der Waals surface area (Å²) in [5.41, 5.74) is 10.6. The molecule has 5 rings (SSSR count). The van der Waals surface area contributed by atoms with E-state index in [9.17, 15) is 23.2 Å². The molecule has 0 bridgehead atoms. The Hall–Kier alpha value is -4.89. The molecule has 222 valence electrons. The minimum atomic E-state index is -0.907. The number of carbonyl (C=O) groups is 3. The maximum absolute atomic E-state index is 12.1. The molecule has 42 heavy (non-hydrogen) atoms. The Morgan fingerprint density at radius 1 is 0.881 bits per heavy atom. The molecule has 2 aliphatic heterocycles. The predicted octanol–water partition coefficient (Wildman–Crippen LogP) is 4.30. The molecule has 0 saturated heterocycles. The van der Waals surface area contributed by atoms with Crippen molar-refractivity contribution in [2.24, 2.45) is 0 Å². The van der Waals surface area contributed by atoms with E-state index in [1.807, 2.05) is 24.1 Å². The quantitative estimate of drug-likeness (QED) is 0.429. The van der Waals surface area contributed by atoms with Gasteiger partial charge in [-0.1, -0.05) is 25.1 Å². The summed E-state index contributed by atoms with van der Waals surface area (Å²) in [5, 5.41) is 2.59. The molecular formula is C31H34F2N4O5. The molecule has 0 fully saturated rings. The van der Waals surface area contributed by atoms with Crippen LogP contribution in [0.3, 0.4) is 0 Å². The Labute approximate surface area is 243 Å². The van der Waals surface area contributed by atoms with Gasteiger partial charge in [0.1, 0.15) is 0 Å². The highest BCUT2D eigenvalue weighted by molar-refractivity contribution is 6.10. The van der Waals surface area contributed by atoms with Crippen LogP contribution in [0.15, 0.2) is 54.6 Å². The highest BCUT2D eigenvalue weighted by Gasteiger charge is 2.25. The van der Waals surface area contributed by atoms with Crippen LogP contribution < -0.4 is 20.9 Å². The van der Waals surface area contributed by atoms with E-state index in [0.29, 0.717) is 30.5 Å². The number of para-hydroxylation sites is 2. The molecule has 0 radical (unpaired) electrons. The van der Waals surface area contributed by atoms with Crippen molar-refractivity contribution in [3.8, 4) is 0 Å². The maximum atomic E-state index is 12.1. The summed E-state index contributed by atoms with van der Waals surface area (Å²) in [6.07, 6.45) is 2.40. The van der Waals surface area contributed by atoms with Gasteiger partial charge in [0.25, 0.3) is 5.91 Å². The van der Waals surface area contributed by atoms with Crippen LogP contribution in [-0.2, 0) is 16.0 Å². The first kappa shape index (κ1) is 33.3. The van der Waals surface area contributed by atoms with E-state index < -0.39 is 11.6 Å². The number of carbonyl (C=O) groups excluding carboxylic acids is 5. The number of nitrogens with one attached hydrogen (secondary N) is 1. The van der Waals surface area contributed by atoms with E-state index >= 15 is 0 Å². The predicted molar refractivity (Wildman–Crippen MR) is 156 cm³/mol. The van der Waals surface area contributed by atoms with Crippen molar-refractivity contribution in [2.45, 2.75) is 26.2 Å². The molecule has 11 heteroatoms. The smallest absolute Gasteiger partial charge is 0.373 e. The highest BCUT2D eigenvalue weighted by Crippen LogP contribution is 2.31. The van der Waals surface area contributed by atoms with Gasteiger partial charge in [0.15, 0.2) is 23.2 Å². The van der Waals surface area contributed by atoms with Gasteiger partial charge < -0.3 is 20.9 Å². The largest absolute Gasteiger partial charge is 0.399 e. The number of aryl methyl sites for hydroxylation is 1. The first-order chi connectivity index (χ1) is 20.0. The van der Waals surface area contributed by atoms with Gasteiger partial charge in [0.2, 0.25) is 0 Å².